The number of amides is 1. The molecule has 0 aliphatic carbocycles. The first kappa shape index (κ1) is 17.6. The molecule has 0 bridgehead atoms. The SMILES string of the molecule is COc1ccc(C(=O)NCC2CCCNC2)c2ccccc12.Cl. The molecular formula is C18H23ClN2O2. The molecule has 1 heterocycles. The highest BCUT2D eigenvalue weighted by Gasteiger charge is 2.16. The highest BCUT2D eigenvalue weighted by molar-refractivity contribution is 6.08. The number of piperidine rings is 1. The fourth-order valence-electron chi connectivity index (χ4n) is 3.08. The van der Waals surface area contributed by atoms with Crippen LogP contribution in [0.1, 0.15) is 23.2 Å². The van der Waals surface area contributed by atoms with E-state index in [2.05, 4.69) is 10.6 Å². The number of ether oxygens (including phenoxy) is 1. The molecule has 1 unspecified atom stereocenters. The van der Waals surface area contributed by atoms with Gasteiger partial charge in [0, 0.05) is 17.5 Å². The van der Waals surface area contributed by atoms with Gasteiger partial charge >= 0.3 is 0 Å². The summed E-state index contributed by atoms with van der Waals surface area (Å²) in [5.74, 6) is 1.32. The number of hydrogen-bond acceptors (Lipinski definition) is 3. The van der Waals surface area contributed by atoms with Crippen molar-refractivity contribution in [3.05, 3.63) is 42.0 Å². The van der Waals surface area contributed by atoms with Gasteiger partial charge in [-0.1, -0.05) is 24.3 Å². The van der Waals surface area contributed by atoms with Crippen molar-refractivity contribution in [2.24, 2.45) is 5.92 Å². The Kier molecular flexibility index (Phi) is 6.25. The second kappa shape index (κ2) is 8.18. The largest absolute Gasteiger partial charge is 0.496 e. The molecule has 1 aliphatic heterocycles. The summed E-state index contributed by atoms with van der Waals surface area (Å²) in [6, 6.07) is 11.6. The molecular weight excluding hydrogens is 312 g/mol. The molecule has 23 heavy (non-hydrogen) atoms. The quantitative estimate of drug-likeness (QED) is 0.903. The molecule has 0 radical (unpaired) electrons. The van der Waals surface area contributed by atoms with Crippen LogP contribution in [0.25, 0.3) is 10.8 Å². The molecule has 3 rings (SSSR count). The number of carbonyl (C=O) groups is 1. The summed E-state index contributed by atoms with van der Waals surface area (Å²) in [4.78, 5) is 12.5. The number of carbonyl (C=O) groups excluding carboxylic acids is 1. The van der Waals surface area contributed by atoms with E-state index in [1.807, 2.05) is 36.4 Å². The van der Waals surface area contributed by atoms with E-state index >= 15 is 0 Å². The van der Waals surface area contributed by atoms with Crippen LogP contribution < -0.4 is 15.4 Å². The Balaban J connectivity index is 0.00000192. The van der Waals surface area contributed by atoms with Crippen LogP contribution in [0.4, 0.5) is 0 Å². The van der Waals surface area contributed by atoms with Gasteiger partial charge in [0.15, 0.2) is 0 Å². The van der Waals surface area contributed by atoms with Crippen molar-refractivity contribution in [3.63, 3.8) is 0 Å². The van der Waals surface area contributed by atoms with Gasteiger partial charge in [-0.2, -0.15) is 0 Å². The maximum absolute atomic E-state index is 12.5. The molecule has 4 nitrogen and oxygen atoms in total. The van der Waals surface area contributed by atoms with Gasteiger partial charge in [0.05, 0.1) is 7.11 Å². The minimum atomic E-state index is -0.00979. The van der Waals surface area contributed by atoms with E-state index in [0.717, 1.165) is 36.2 Å². The number of fused-ring (bicyclic) bond motifs is 1. The normalized spacial score (nSPS) is 17.3. The van der Waals surface area contributed by atoms with Crippen LogP contribution >= 0.6 is 12.4 Å². The second-order valence-corrected chi connectivity index (χ2v) is 5.78. The van der Waals surface area contributed by atoms with Crippen molar-refractivity contribution >= 4 is 29.1 Å². The van der Waals surface area contributed by atoms with Crippen molar-refractivity contribution in [3.8, 4) is 5.75 Å². The average molecular weight is 335 g/mol. The molecule has 2 aromatic rings. The van der Waals surface area contributed by atoms with Crippen LogP contribution in [0.3, 0.4) is 0 Å². The van der Waals surface area contributed by atoms with E-state index in [4.69, 9.17) is 4.74 Å². The van der Waals surface area contributed by atoms with Crippen molar-refractivity contribution in [1.82, 2.24) is 10.6 Å². The average Bonchev–Trinajstić information content (AvgIpc) is 2.59. The molecule has 0 aromatic heterocycles. The Morgan fingerprint density at radius 2 is 2.04 bits per heavy atom. The number of hydrogen-bond donors (Lipinski definition) is 2. The zero-order valence-corrected chi connectivity index (χ0v) is 14.1. The van der Waals surface area contributed by atoms with Crippen LogP contribution in [0.2, 0.25) is 0 Å². The first-order valence-electron chi connectivity index (χ1n) is 7.84. The predicted octanol–water partition coefficient (Wildman–Crippen LogP) is 3.00. The van der Waals surface area contributed by atoms with Crippen molar-refractivity contribution in [1.29, 1.82) is 0 Å². The lowest BCUT2D eigenvalue weighted by molar-refractivity contribution is 0.0946. The molecule has 1 aliphatic rings. The molecule has 1 fully saturated rings. The first-order chi connectivity index (χ1) is 10.8. The second-order valence-electron chi connectivity index (χ2n) is 5.78. The Morgan fingerprint density at radius 1 is 1.26 bits per heavy atom. The predicted molar refractivity (Wildman–Crippen MR) is 95.7 cm³/mol. The lowest BCUT2D eigenvalue weighted by Crippen LogP contribution is -2.38. The molecule has 2 aromatic carbocycles. The van der Waals surface area contributed by atoms with Gasteiger partial charge in [0.2, 0.25) is 0 Å². The van der Waals surface area contributed by atoms with Crippen LogP contribution in [0.15, 0.2) is 36.4 Å². The maximum atomic E-state index is 12.5. The Labute approximate surface area is 143 Å². The van der Waals surface area contributed by atoms with Gasteiger partial charge in [-0.25, -0.2) is 0 Å². The highest BCUT2D eigenvalue weighted by Crippen LogP contribution is 2.28. The minimum absolute atomic E-state index is 0. The fraction of sp³-hybridized carbons (Fsp3) is 0.389. The number of nitrogens with one attached hydrogen (secondary N) is 2. The topological polar surface area (TPSA) is 50.4 Å². The fourth-order valence-corrected chi connectivity index (χ4v) is 3.08. The summed E-state index contributed by atoms with van der Waals surface area (Å²) in [5, 5.41) is 8.35. The Hall–Kier alpha value is -1.78. The number of halogens is 1. The molecule has 2 N–H and O–H groups in total. The van der Waals surface area contributed by atoms with E-state index in [1.54, 1.807) is 7.11 Å². The number of rotatable bonds is 4. The summed E-state index contributed by atoms with van der Waals surface area (Å²) in [6.07, 6.45) is 2.36. The molecule has 1 amide bonds. The summed E-state index contributed by atoms with van der Waals surface area (Å²) in [5.41, 5.74) is 0.708. The highest BCUT2D eigenvalue weighted by atomic mass is 35.5. The van der Waals surface area contributed by atoms with Gasteiger partial charge in [0.25, 0.3) is 5.91 Å². The summed E-state index contributed by atoms with van der Waals surface area (Å²) >= 11 is 0. The van der Waals surface area contributed by atoms with E-state index in [1.165, 1.54) is 12.8 Å². The third-order valence-electron chi connectivity index (χ3n) is 4.30. The third kappa shape index (κ3) is 3.95. The Morgan fingerprint density at radius 3 is 2.74 bits per heavy atom. The summed E-state index contributed by atoms with van der Waals surface area (Å²) in [7, 11) is 1.65. The van der Waals surface area contributed by atoms with Gasteiger partial charge in [-0.15, -0.1) is 12.4 Å². The molecule has 1 saturated heterocycles. The Bertz CT molecular complexity index is 669. The zero-order valence-electron chi connectivity index (χ0n) is 13.3. The van der Waals surface area contributed by atoms with E-state index < -0.39 is 0 Å². The van der Waals surface area contributed by atoms with E-state index in [0.29, 0.717) is 11.5 Å². The van der Waals surface area contributed by atoms with Crippen LogP contribution in [0.5, 0.6) is 5.75 Å². The molecule has 0 saturated carbocycles. The minimum Gasteiger partial charge on any atom is -0.496 e. The number of benzene rings is 2. The monoisotopic (exact) mass is 334 g/mol. The summed E-state index contributed by atoms with van der Waals surface area (Å²) in [6.45, 7) is 2.81. The van der Waals surface area contributed by atoms with Crippen LogP contribution in [-0.4, -0.2) is 32.7 Å². The maximum Gasteiger partial charge on any atom is 0.251 e. The zero-order chi connectivity index (χ0) is 15.4. The van der Waals surface area contributed by atoms with E-state index in [9.17, 15) is 4.79 Å². The number of methoxy groups -OCH3 is 1. The lowest BCUT2D eigenvalue weighted by Gasteiger charge is -2.23. The smallest absolute Gasteiger partial charge is 0.251 e. The van der Waals surface area contributed by atoms with Crippen molar-refractivity contribution in [2.45, 2.75) is 12.8 Å². The molecule has 124 valence electrons. The van der Waals surface area contributed by atoms with Crippen molar-refractivity contribution in [2.75, 3.05) is 26.7 Å². The molecule has 5 heteroatoms. The van der Waals surface area contributed by atoms with Crippen LogP contribution in [-0.2, 0) is 0 Å². The van der Waals surface area contributed by atoms with Crippen LogP contribution in [0, 0.1) is 5.92 Å². The van der Waals surface area contributed by atoms with E-state index in [-0.39, 0.29) is 18.3 Å². The molecule has 1 atom stereocenters. The third-order valence-corrected chi connectivity index (χ3v) is 4.30. The van der Waals surface area contributed by atoms with Gasteiger partial charge < -0.3 is 15.4 Å². The molecule has 0 spiro atoms. The summed E-state index contributed by atoms with van der Waals surface area (Å²) < 4.78 is 5.38. The standard InChI is InChI=1S/C18H22N2O2.ClH/c1-22-17-9-8-16(14-6-2-3-7-15(14)17)18(21)20-12-13-5-4-10-19-11-13;/h2-3,6-9,13,19H,4-5,10-12H2,1H3,(H,20,21);1H. The lowest BCUT2D eigenvalue weighted by atomic mass is 9.99. The van der Waals surface area contributed by atoms with Gasteiger partial charge in [0.1, 0.15) is 5.75 Å². The van der Waals surface area contributed by atoms with Crippen molar-refractivity contribution < 1.29 is 9.53 Å². The first-order valence-corrected chi connectivity index (χ1v) is 7.84. The van der Waals surface area contributed by atoms with Gasteiger partial charge in [-0.3, -0.25) is 4.79 Å². The van der Waals surface area contributed by atoms with Gasteiger partial charge in [-0.05, 0) is 49.4 Å².